The van der Waals surface area contributed by atoms with E-state index in [-0.39, 0.29) is 17.7 Å². The zero-order valence-electron chi connectivity index (χ0n) is 13.8. The number of rotatable bonds is 2. The van der Waals surface area contributed by atoms with Gasteiger partial charge in [0.15, 0.2) is 0 Å². The Bertz CT molecular complexity index is 710. The first-order chi connectivity index (χ1) is 12.0. The summed E-state index contributed by atoms with van der Waals surface area (Å²) in [6.45, 7) is 6.03. The molecule has 7 heteroatoms. The molecule has 0 bridgehead atoms. The fourth-order valence-corrected chi connectivity index (χ4v) is 4.32. The van der Waals surface area contributed by atoms with Crippen LogP contribution in [-0.4, -0.2) is 47.9 Å². The SMILES string of the molecule is C=CC(=O)N1CCCC(C(=O)N2CCOc3c(Cl)cc(Br)cc3C2)C1. The van der Waals surface area contributed by atoms with Gasteiger partial charge < -0.3 is 14.5 Å². The molecular weight excluding hydrogens is 408 g/mol. The second-order valence-electron chi connectivity index (χ2n) is 6.31. The van der Waals surface area contributed by atoms with Gasteiger partial charge in [-0.2, -0.15) is 0 Å². The molecule has 2 amide bonds. The summed E-state index contributed by atoms with van der Waals surface area (Å²) in [4.78, 5) is 28.4. The number of benzene rings is 1. The monoisotopic (exact) mass is 426 g/mol. The molecule has 2 heterocycles. The van der Waals surface area contributed by atoms with Crippen molar-refractivity contribution in [3.63, 3.8) is 0 Å². The maximum Gasteiger partial charge on any atom is 0.245 e. The second kappa shape index (κ2) is 7.79. The predicted molar refractivity (Wildman–Crippen MR) is 99.6 cm³/mol. The average Bonchev–Trinajstić information content (AvgIpc) is 2.83. The normalized spacial score (nSPS) is 20.3. The second-order valence-corrected chi connectivity index (χ2v) is 7.63. The molecule has 134 valence electrons. The van der Waals surface area contributed by atoms with Gasteiger partial charge in [-0.05, 0) is 31.1 Å². The molecule has 2 aliphatic heterocycles. The van der Waals surface area contributed by atoms with E-state index in [2.05, 4.69) is 22.5 Å². The Kier molecular flexibility index (Phi) is 5.69. The quantitative estimate of drug-likeness (QED) is 0.681. The smallest absolute Gasteiger partial charge is 0.245 e. The summed E-state index contributed by atoms with van der Waals surface area (Å²) in [6.07, 6.45) is 2.93. The summed E-state index contributed by atoms with van der Waals surface area (Å²) in [5, 5.41) is 0.541. The topological polar surface area (TPSA) is 49.9 Å². The number of carbonyl (C=O) groups excluding carboxylic acids is 2. The molecule has 1 aromatic rings. The van der Waals surface area contributed by atoms with Crippen molar-refractivity contribution in [1.29, 1.82) is 0 Å². The highest BCUT2D eigenvalue weighted by molar-refractivity contribution is 9.10. The van der Waals surface area contributed by atoms with E-state index in [9.17, 15) is 9.59 Å². The van der Waals surface area contributed by atoms with Crippen LogP contribution in [0, 0.1) is 5.92 Å². The molecule has 1 saturated heterocycles. The van der Waals surface area contributed by atoms with Gasteiger partial charge in [0.2, 0.25) is 11.8 Å². The van der Waals surface area contributed by atoms with Crippen LogP contribution in [0.3, 0.4) is 0 Å². The van der Waals surface area contributed by atoms with Crippen LogP contribution >= 0.6 is 27.5 Å². The summed E-state index contributed by atoms with van der Waals surface area (Å²) < 4.78 is 6.61. The van der Waals surface area contributed by atoms with E-state index in [1.165, 1.54) is 6.08 Å². The lowest BCUT2D eigenvalue weighted by Crippen LogP contribution is -2.46. The Labute approximate surface area is 160 Å². The molecular formula is C18H20BrClN2O3. The lowest BCUT2D eigenvalue weighted by molar-refractivity contribution is -0.140. The van der Waals surface area contributed by atoms with Gasteiger partial charge in [0.05, 0.1) is 17.5 Å². The Hall–Kier alpha value is -1.53. The molecule has 1 aromatic carbocycles. The molecule has 0 saturated carbocycles. The number of hydrogen-bond donors (Lipinski definition) is 0. The van der Waals surface area contributed by atoms with Crippen molar-refractivity contribution < 1.29 is 14.3 Å². The molecule has 25 heavy (non-hydrogen) atoms. The van der Waals surface area contributed by atoms with Crippen LogP contribution in [0.5, 0.6) is 5.75 Å². The Morgan fingerprint density at radius 1 is 1.32 bits per heavy atom. The average molecular weight is 428 g/mol. The third-order valence-corrected chi connectivity index (χ3v) is 5.36. The lowest BCUT2D eigenvalue weighted by atomic mass is 9.96. The molecule has 2 aliphatic rings. The molecule has 1 fully saturated rings. The standard InChI is InChI=1S/C18H20BrClN2O3/c1-2-16(23)21-5-3-4-12(10-21)18(24)22-6-7-25-17-13(11-22)8-14(19)9-15(17)20/h2,8-9,12H,1,3-7,10-11H2. The summed E-state index contributed by atoms with van der Waals surface area (Å²) in [5.41, 5.74) is 0.889. The molecule has 1 unspecified atom stereocenters. The molecule has 0 spiro atoms. The first-order valence-corrected chi connectivity index (χ1v) is 9.47. The number of piperidine rings is 1. The van der Waals surface area contributed by atoms with Gasteiger partial charge >= 0.3 is 0 Å². The number of likely N-dealkylation sites (tertiary alicyclic amines) is 1. The van der Waals surface area contributed by atoms with E-state index >= 15 is 0 Å². The summed E-state index contributed by atoms with van der Waals surface area (Å²) >= 11 is 9.69. The Morgan fingerprint density at radius 3 is 2.88 bits per heavy atom. The number of fused-ring (bicyclic) bond motifs is 1. The zero-order valence-corrected chi connectivity index (χ0v) is 16.2. The van der Waals surface area contributed by atoms with Crippen molar-refractivity contribution in [2.45, 2.75) is 19.4 Å². The van der Waals surface area contributed by atoms with Gasteiger partial charge in [-0.25, -0.2) is 0 Å². The third-order valence-electron chi connectivity index (χ3n) is 4.62. The minimum Gasteiger partial charge on any atom is -0.490 e. The molecule has 0 radical (unpaired) electrons. The van der Waals surface area contributed by atoms with Crippen molar-refractivity contribution in [2.75, 3.05) is 26.2 Å². The minimum atomic E-state index is -0.179. The summed E-state index contributed by atoms with van der Waals surface area (Å²) in [6, 6.07) is 3.72. The molecule has 1 atom stereocenters. The first-order valence-electron chi connectivity index (χ1n) is 8.30. The van der Waals surface area contributed by atoms with E-state index in [0.717, 1.165) is 22.9 Å². The number of amides is 2. The maximum absolute atomic E-state index is 13.0. The van der Waals surface area contributed by atoms with Crippen LogP contribution < -0.4 is 4.74 Å². The number of hydrogen-bond acceptors (Lipinski definition) is 3. The molecule has 0 aromatic heterocycles. The molecule has 0 N–H and O–H groups in total. The van der Waals surface area contributed by atoms with Gasteiger partial charge in [-0.15, -0.1) is 0 Å². The van der Waals surface area contributed by atoms with Gasteiger partial charge in [-0.1, -0.05) is 34.1 Å². The van der Waals surface area contributed by atoms with E-state index in [1.807, 2.05) is 6.07 Å². The van der Waals surface area contributed by atoms with E-state index in [4.69, 9.17) is 16.3 Å². The van der Waals surface area contributed by atoms with Crippen LogP contribution in [-0.2, 0) is 16.1 Å². The van der Waals surface area contributed by atoms with E-state index in [1.54, 1.807) is 15.9 Å². The minimum absolute atomic E-state index is 0.0640. The summed E-state index contributed by atoms with van der Waals surface area (Å²) in [5.74, 6) is 0.418. The van der Waals surface area contributed by atoms with Crippen molar-refractivity contribution in [3.8, 4) is 5.75 Å². The van der Waals surface area contributed by atoms with E-state index in [0.29, 0.717) is 43.6 Å². The highest BCUT2D eigenvalue weighted by Crippen LogP contribution is 2.35. The van der Waals surface area contributed by atoms with Crippen LogP contribution in [0.25, 0.3) is 0 Å². The molecule has 0 aliphatic carbocycles. The molecule has 3 rings (SSSR count). The maximum atomic E-state index is 13.0. The van der Waals surface area contributed by atoms with Crippen molar-refractivity contribution >= 4 is 39.3 Å². The van der Waals surface area contributed by atoms with E-state index < -0.39 is 0 Å². The fraction of sp³-hybridized carbons (Fsp3) is 0.444. The number of halogens is 2. The van der Waals surface area contributed by atoms with Crippen LogP contribution in [0.2, 0.25) is 5.02 Å². The summed E-state index contributed by atoms with van der Waals surface area (Å²) in [7, 11) is 0. The van der Waals surface area contributed by atoms with Crippen molar-refractivity contribution in [3.05, 3.63) is 39.8 Å². The van der Waals surface area contributed by atoms with Crippen LogP contribution in [0.1, 0.15) is 18.4 Å². The molecule has 5 nitrogen and oxygen atoms in total. The number of carbonyl (C=O) groups is 2. The van der Waals surface area contributed by atoms with Gasteiger partial charge in [0.25, 0.3) is 0 Å². The van der Waals surface area contributed by atoms with Crippen molar-refractivity contribution in [1.82, 2.24) is 9.80 Å². The highest BCUT2D eigenvalue weighted by atomic mass is 79.9. The largest absolute Gasteiger partial charge is 0.490 e. The van der Waals surface area contributed by atoms with Gasteiger partial charge in [-0.3, -0.25) is 9.59 Å². The highest BCUT2D eigenvalue weighted by Gasteiger charge is 2.32. The fourth-order valence-electron chi connectivity index (χ4n) is 3.39. The number of ether oxygens (including phenoxy) is 1. The van der Waals surface area contributed by atoms with Crippen LogP contribution in [0.4, 0.5) is 0 Å². The van der Waals surface area contributed by atoms with Crippen molar-refractivity contribution in [2.24, 2.45) is 5.92 Å². The predicted octanol–water partition coefficient (Wildman–Crippen LogP) is 3.25. The Balaban J connectivity index is 1.75. The van der Waals surface area contributed by atoms with Crippen LogP contribution in [0.15, 0.2) is 29.3 Å². The zero-order chi connectivity index (χ0) is 18.0. The van der Waals surface area contributed by atoms with Gasteiger partial charge in [0, 0.05) is 29.7 Å². The van der Waals surface area contributed by atoms with Gasteiger partial charge in [0.1, 0.15) is 12.4 Å². The lowest BCUT2D eigenvalue weighted by Gasteiger charge is -2.34. The third kappa shape index (κ3) is 4.01. The first kappa shape index (κ1) is 18.3. The number of nitrogens with zero attached hydrogens (tertiary/aromatic N) is 2. The Morgan fingerprint density at radius 2 is 2.12 bits per heavy atom.